The largest absolute Gasteiger partial charge is 0.351 e. The number of hydrogen-bond donors (Lipinski definition) is 1. The van der Waals surface area contributed by atoms with Crippen molar-refractivity contribution < 1.29 is 4.79 Å². The second-order valence-electron chi connectivity index (χ2n) is 6.14. The number of aryl methyl sites for hydroxylation is 2. The third kappa shape index (κ3) is 4.73. The summed E-state index contributed by atoms with van der Waals surface area (Å²) in [7, 11) is 0. The van der Waals surface area contributed by atoms with Gasteiger partial charge >= 0.3 is 0 Å². The van der Waals surface area contributed by atoms with E-state index in [0.29, 0.717) is 18.2 Å². The van der Waals surface area contributed by atoms with E-state index in [1.807, 2.05) is 43.7 Å². The Morgan fingerprint density at radius 2 is 1.96 bits per heavy atom. The Kier molecular flexibility index (Phi) is 6.23. The lowest BCUT2D eigenvalue weighted by atomic mass is 10.2. The molecule has 0 saturated carbocycles. The van der Waals surface area contributed by atoms with Gasteiger partial charge in [-0.1, -0.05) is 42.1 Å². The summed E-state index contributed by atoms with van der Waals surface area (Å²) in [5, 5.41) is 19.6. The van der Waals surface area contributed by atoms with Crippen molar-refractivity contribution >= 4 is 17.7 Å². The number of amides is 1. The molecule has 0 unspecified atom stereocenters. The van der Waals surface area contributed by atoms with Gasteiger partial charge in [0, 0.05) is 24.3 Å². The summed E-state index contributed by atoms with van der Waals surface area (Å²) >= 11 is 1.33. The quantitative estimate of drug-likeness (QED) is 0.596. The highest BCUT2D eigenvalue weighted by Gasteiger charge is 2.14. The molecule has 0 fully saturated rings. The predicted octanol–water partition coefficient (Wildman–Crippen LogP) is 1.96. The monoisotopic (exact) mass is 385 g/mol. The number of nitrogens with zero attached hydrogens (tertiary/aromatic N) is 6. The molecular formula is C18H23N7OS. The summed E-state index contributed by atoms with van der Waals surface area (Å²) in [6.07, 6.45) is 0. The Labute approximate surface area is 162 Å². The van der Waals surface area contributed by atoms with Crippen LogP contribution in [0, 0.1) is 13.8 Å². The second-order valence-corrected chi connectivity index (χ2v) is 7.08. The van der Waals surface area contributed by atoms with Crippen molar-refractivity contribution in [3.63, 3.8) is 0 Å². The van der Waals surface area contributed by atoms with Crippen molar-refractivity contribution in [1.82, 2.24) is 35.3 Å². The van der Waals surface area contributed by atoms with E-state index in [1.54, 1.807) is 4.68 Å². The van der Waals surface area contributed by atoms with E-state index in [4.69, 9.17) is 0 Å². The first-order valence-corrected chi connectivity index (χ1v) is 9.79. The number of tetrazole rings is 1. The number of hydrogen-bond acceptors (Lipinski definition) is 6. The molecule has 0 bridgehead atoms. The maximum absolute atomic E-state index is 12.2. The average molecular weight is 385 g/mol. The second kappa shape index (κ2) is 8.81. The van der Waals surface area contributed by atoms with Crippen molar-refractivity contribution in [2.75, 3.05) is 5.75 Å². The van der Waals surface area contributed by atoms with E-state index in [9.17, 15) is 4.79 Å². The molecule has 0 atom stereocenters. The van der Waals surface area contributed by atoms with Crippen molar-refractivity contribution in [1.29, 1.82) is 0 Å². The van der Waals surface area contributed by atoms with Gasteiger partial charge in [-0.25, -0.2) is 4.68 Å². The van der Waals surface area contributed by atoms with E-state index >= 15 is 0 Å². The fourth-order valence-electron chi connectivity index (χ4n) is 2.77. The number of thioether (sulfide) groups is 1. The molecule has 142 valence electrons. The molecule has 0 aliphatic heterocycles. The first-order chi connectivity index (χ1) is 13.1. The zero-order valence-corrected chi connectivity index (χ0v) is 16.5. The van der Waals surface area contributed by atoms with Crippen LogP contribution in [0.4, 0.5) is 0 Å². The summed E-state index contributed by atoms with van der Waals surface area (Å²) in [6, 6.07) is 10.2. The smallest absolute Gasteiger partial charge is 0.230 e. The fraction of sp³-hybridized carbons (Fsp3) is 0.389. The molecule has 0 radical (unpaired) electrons. The van der Waals surface area contributed by atoms with Crippen molar-refractivity contribution in [3.05, 3.63) is 52.8 Å². The molecule has 0 aliphatic carbocycles. The zero-order valence-electron chi connectivity index (χ0n) is 15.7. The van der Waals surface area contributed by atoms with Gasteiger partial charge in [0.25, 0.3) is 0 Å². The lowest BCUT2D eigenvalue weighted by molar-refractivity contribution is -0.118. The molecule has 3 rings (SSSR count). The highest BCUT2D eigenvalue weighted by Crippen LogP contribution is 2.16. The van der Waals surface area contributed by atoms with Gasteiger partial charge in [-0.05, 0) is 36.8 Å². The van der Waals surface area contributed by atoms with Gasteiger partial charge in [-0.2, -0.15) is 5.10 Å². The maximum atomic E-state index is 12.2. The molecule has 27 heavy (non-hydrogen) atoms. The minimum Gasteiger partial charge on any atom is -0.351 e. The van der Waals surface area contributed by atoms with Crippen LogP contribution in [-0.2, 0) is 24.4 Å². The number of rotatable bonds is 8. The van der Waals surface area contributed by atoms with Crippen LogP contribution in [0.3, 0.4) is 0 Å². The summed E-state index contributed by atoms with van der Waals surface area (Å²) in [5.41, 5.74) is 4.26. The third-order valence-electron chi connectivity index (χ3n) is 4.30. The Bertz CT molecular complexity index is 904. The summed E-state index contributed by atoms with van der Waals surface area (Å²) in [5.74, 6) is 0.219. The standard InChI is InChI=1S/C18H23N7OS/c1-4-24-18(20-22-23-24)27-12-17(26)19-10-16-13(2)21-25(14(16)3)11-15-8-6-5-7-9-15/h5-9H,4,10-12H2,1-3H3,(H,19,26). The number of carbonyl (C=O) groups is 1. The highest BCUT2D eigenvalue weighted by atomic mass is 32.2. The van der Waals surface area contributed by atoms with Crippen molar-refractivity contribution in [2.24, 2.45) is 0 Å². The van der Waals surface area contributed by atoms with Crippen LogP contribution in [-0.4, -0.2) is 41.6 Å². The van der Waals surface area contributed by atoms with Crippen molar-refractivity contribution in [2.45, 2.75) is 45.6 Å². The molecule has 0 aliphatic rings. The van der Waals surface area contributed by atoms with Crippen LogP contribution >= 0.6 is 11.8 Å². The maximum Gasteiger partial charge on any atom is 0.230 e. The normalized spacial score (nSPS) is 10.9. The van der Waals surface area contributed by atoms with E-state index in [0.717, 1.165) is 23.5 Å². The van der Waals surface area contributed by atoms with E-state index < -0.39 is 0 Å². The Morgan fingerprint density at radius 3 is 2.70 bits per heavy atom. The lowest BCUT2D eigenvalue weighted by Gasteiger charge is -2.07. The molecule has 3 aromatic rings. The fourth-order valence-corrected chi connectivity index (χ4v) is 3.54. The van der Waals surface area contributed by atoms with Crippen LogP contribution in [0.25, 0.3) is 0 Å². The first-order valence-electron chi connectivity index (χ1n) is 8.81. The summed E-state index contributed by atoms with van der Waals surface area (Å²) in [6.45, 7) is 7.82. The van der Waals surface area contributed by atoms with Gasteiger partial charge in [-0.3, -0.25) is 9.48 Å². The molecular weight excluding hydrogens is 362 g/mol. The molecule has 1 amide bonds. The lowest BCUT2D eigenvalue weighted by Crippen LogP contribution is -2.25. The zero-order chi connectivity index (χ0) is 19.2. The van der Waals surface area contributed by atoms with Crippen LogP contribution in [0.2, 0.25) is 0 Å². The topological polar surface area (TPSA) is 90.5 Å². The van der Waals surface area contributed by atoms with Gasteiger partial charge in [0.05, 0.1) is 18.0 Å². The summed E-state index contributed by atoms with van der Waals surface area (Å²) in [4.78, 5) is 12.2. The Hall–Kier alpha value is -2.68. The number of carbonyl (C=O) groups excluding carboxylic acids is 1. The molecule has 2 heterocycles. The predicted molar refractivity (Wildman–Crippen MR) is 103 cm³/mol. The van der Waals surface area contributed by atoms with Gasteiger partial charge in [-0.15, -0.1) is 5.10 Å². The molecule has 2 aromatic heterocycles. The van der Waals surface area contributed by atoms with Crippen LogP contribution < -0.4 is 5.32 Å². The molecule has 9 heteroatoms. The molecule has 1 N–H and O–H groups in total. The van der Waals surface area contributed by atoms with Gasteiger partial charge in [0.15, 0.2) is 0 Å². The number of aromatic nitrogens is 6. The summed E-state index contributed by atoms with van der Waals surface area (Å²) < 4.78 is 3.65. The number of benzene rings is 1. The minimum atomic E-state index is -0.0553. The Morgan fingerprint density at radius 1 is 1.19 bits per heavy atom. The first kappa shape index (κ1) is 19.1. The van der Waals surface area contributed by atoms with Crippen LogP contribution in [0.5, 0.6) is 0 Å². The average Bonchev–Trinajstić information content (AvgIpc) is 3.23. The SMILES string of the molecule is CCn1nnnc1SCC(=O)NCc1c(C)nn(Cc2ccccc2)c1C. The van der Waals surface area contributed by atoms with E-state index in [1.165, 1.54) is 17.3 Å². The molecule has 8 nitrogen and oxygen atoms in total. The van der Waals surface area contributed by atoms with E-state index in [-0.39, 0.29) is 11.7 Å². The van der Waals surface area contributed by atoms with Crippen molar-refractivity contribution in [3.8, 4) is 0 Å². The number of nitrogens with one attached hydrogen (secondary N) is 1. The van der Waals surface area contributed by atoms with Crippen LogP contribution in [0.15, 0.2) is 35.5 Å². The molecule has 0 saturated heterocycles. The van der Waals surface area contributed by atoms with Crippen LogP contribution in [0.1, 0.15) is 29.4 Å². The molecule has 0 spiro atoms. The third-order valence-corrected chi connectivity index (χ3v) is 5.26. The highest BCUT2D eigenvalue weighted by molar-refractivity contribution is 7.99. The van der Waals surface area contributed by atoms with Gasteiger partial charge in [0.2, 0.25) is 11.1 Å². The minimum absolute atomic E-state index is 0.0553. The van der Waals surface area contributed by atoms with Gasteiger partial charge in [0.1, 0.15) is 0 Å². The Balaban J connectivity index is 1.57. The van der Waals surface area contributed by atoms with Gasteiger partial charge < -0.3 is 5.32 Å². The van der Waals surface area contributed by atoms with E-state index in [2.05, 4.69) is 38.1 Å². The molecule has 1 aromatic carbocycles.